The molecule has 2 aromatic carbocycles. The van der Waals surface area contributed by atoms with E-state index in [-0.39, 0.29) is 30.9 Å². The number of nitrogens with two attached hydrogens (primary N) is 1. The van der Waals surface area contributed by atoms with Crippen LogP contribution in [-0.2, 0) is 11.2 Å². The lowest BCUT2D eigenvalue weighted by atomic mass is 9.97. The van der Waals surface area contributed by atoms with Crippen molar-refractivity contribution in [3.63, 3.8) is 0 Å². The summed E-state index contributed by atoms with van der Waals surface area (Å²) >= 11 is 0. The van der Waals surface area contributed by atoms with E-state index < -0.39 is 0 Å². The Balaban J connectivity index is 1.73. The van der Waals surface area contributed by atoms with Crippen LogP contribution in [0.1, 0.15) is 41.6 Å². The van der Waals surface area contributed by atoms with Crippen LogP contribution in [0.2, 0.25) is 0 Å². The third kappa shape index (κ3) is 4.74. The molecule has 27 heavy (non-hydrogen) atoms. The van der Waals surface area contributed by atoms with Crippen molar-refractivity contribution in [2.75, 3.05) is 13.2 Å². The second-order valence-electron chi connectivity index (χ2n) is 7.07. The van der Waals surface area contributed by atoms with Crippen LogP contribution in [0.25, 0.3) is 11.1 Å². The van der Waals surface area contributed by atoms with Crippen LogP contribution in [0.4, 0.5) is 0 Å². The van der Waals surface area contributed by atoms with Crippen molar-refractivity contribution in [2.45, 2.75) is 38.1 Å². The highest BCUT2D eigenvalue weighted by Crippen LogP contribution is 2.24. The molecule has 3 rings (SSSR count). The van der Waals surface area contributed by atoms with Crippen LogP contribution in [0.5, 0.6) is 0 Å². The second kappa shape index (κ2) is 8.82. The molecule has 0 bridgehead atoms. The minimum Gasteiger partial charge on any atom is -0.396 e. The van der Waals surface area contributed by atoms with Gasteiger partial charge in [0.15, 0.2) is 0 Å². The van der Waals surface area contributed by atoms with Crippen molar-refractivity contribution >= 4 is 11.8 Å². The van der Waals surface area contributed by atoms with E-state index >= 15 is 0 Å². The van der Waals surface area contributed by atoms with Crippen LogP contribution in [0, 0.1) is 0 Å². The Bertz CT molecular complexity index is 784. The lowest BCUT2D eigenvalue weighted by Crippen LogP contribution is -2.45. The van der Waals surface area contributed by atoms with Crippen LogP contribution < -0.4 is 5.73 Å². The Kier molecular flexibility index (Phi) is 6.24. The molecule has 0 radical (unpaired) electrons. The zero-order valence-electron chi connectivity index (χ0n) is 15.4. The molecule has 0 aliphatic carbocycles. The van der Waals surface area contributed by atoms with Crippen LogP contribution >= 0.6 is 0 Å². The lowest BCUT2D eigenvalue weighted by Gasteiger charge is -2.35. The molecular weight excluding hydrogens is 340 g/mol. The maximum absolute atomic E-state index is 12.9. The molecule has 2 aromatic rings. The average molecular weight is 366 g/mol. The third-order valence-corrected chi connectivity index (χ3v) is 5.14. The number of carbonyl (C=O) groups excluding carboxylic acids is 2. The smallest absolute Gasteiger partial charge is 0.254 e. The first-order valence-corrected chi connectivity index (χ1v) is 9.48. The Morgan fingerprint density at radius 1 is 1.00 bits per heavy atom. The first-order valence-electron chi connectivity index (χ1n) is 9.48. The molecule has 1 fully saturated rings. The monoisotopic (exact) mass is 366 g/mol. The van der Waals surface area contributed by atoms with Crippen LogP contribution in [-0.4, -0.2) is 41.0 Å². The molecule has 1 atom stereocenters. The van der Waals surface area contributed by atoms with Gasteiger partial charge in [-0.25, -0.2) is 0 Å². The highest BCUT2D eigenvalue weighted by Gasteiger charge is 2.28. The molecular formula is C22H26N2O3. The largest absolute Gasteiger partial charge is 0.396 e. The average Bonchev–Trinajstić information content (AvgIpc) is 2.68. The molecule has 2 amide bonds. The predicted octanol–water partition coefficient (Wildman–Crippen LogP) is 2.76. The minimum atomic E-state index is -0.361. The molecule has 0 saturated carbocycles. The molecule has 1 aliphatic heterocycles. The fourth-order valence-corrected chi connectivity index (χ4v) is 3.68. The molecule has 1 aliphatic rings. The Labute approximate surface area is 159 Å². The number of hydrogen-bond donors (Lipinski definition) is 2. The summed E-state index contributed by atoms with van der Waals surface area (Å²) in [6.07, 6.45) is 3.68. The number of aliphatic hydroxyl groups excluding tert-OH is 1. The third-order valence-electron chi connectivity index (χ3n) is 5.14. The number of nitrogens with zero attached hydrogens (tertiary/aromatic N) is 1. The van der Waals surface area contributed by atoms with E-state index in [0.29, 0.717) is 18.5 Å². The Morgan fingerprint density at radius 2 is 1.63 bits per heavy atom. The van der Waals surface area contributed by atoms with Gasteiger partial charge in [-0.15, -0.1) is 0 Å². The quantitative estimate of drug-likeness (QED) is 0.824. The summed E-state index contributed by atoms with van der Waals surface area (Å²) in [4.78, 5) is 26.0. The van der Waals surface area contributed by atoms with Gasteiger partial charge in [0, 0.05) is 31.2 Å². The molecule has 142 valence electrons. The van der Waals surface area contributed by atoms with E-state index in [1.54, 1.807) is 4.90 Å². The number of aliphatic hydroxyl groups is 1. The predicted molar refractivity (Wildman–Crippen MR) is 105 cm³/mol. The van der Waals surface area contributed by atoms with Gasteiger partial charge in [0.2, 0.25) is 5.91 Å². The molecule has 5 heteroatoms. The van der Waals surface area contributed by atoms with Crippen molar-refractivity contribution in [2.24, 2.45) is 5.73 Å². The fourth-order valence-electron chi connectivity index (χ4n) is 3.68. The zero-order chi connectivity index (χ0) is 19.2. The summed E-state index contributed by atoms with van der Waals surface area (Å²) < 4.78 is 0. The van der Waals surface area contributed by atoms with Gasteiger partial charge in [-0.05, 0) is 54.5 Å². The van der Waals surface area contributed by atoms with Crippen molar-refractivity contribution in [1.29, 1.82) is 0 Å². The normalized spacial score (nSPS) is 16.9. The maximum Gasteiger partial charge on any atom is 0.254 e. The van der Waals surface area contributed by atoms with E-state index in [4.69, 9.17) is 10.8 Å². The second-order valence-corrected chi connectivity index (χ2v) is 7.07. The summed E-state index contributed by atoms with van der Waals surface area (Å²) in [5.41, 5.74) is 9.18. The number of hydrogen-bond acceptors (Lipinski definition) is 3. The molecule has 3 N–H and O–H groups in total. The Hall–Kier alpha value is -2.66. The van der Waals surface area contributed by atoms with Crippen LogP contribution in [0.3, 0.4) is 0 Å². The molecule has 1 saturated heterocycles. The van der Waals surface area contributed by atoms with Gasteiger partial charge < -0.3 is 15.7 Å². The van der Waals surface area contributed by atoms with Gasteiger partial charge >= 0.3 is 0 Å². The van der Waals surface area contributed by atoms with Gasteiger partial charge in [-0.1, -0.05) is 36.4 Å². The SMILES string of the molecule is NC(=O)CC1CCCCN1C(=O)c1ccc(-c2ccc(CCO)cc2)cc1. The minimum absolute atomic E-state index is 0.0363. The maximum atomic E-state index is 12.9. The number of likely N-dealkylation sites (tertiary alicyclic amines) is 1. The molecule has 0 aromatic heterocycles. The number of piperidine rings is 1. The van der Waals surface area contributed by atoms with E-state index in [1.807, 2.05) is 48.5 Å². The topological polar surface area (TPSA) is 83.6 Å². The van der Waals surface area contributed by atoms with E-state index in [0.717, 1.165) is 36.0 Å². The number of rotatable bonds is 6. The van der Waals surface area contributed by atoms with Gasteiger partial charge in [0.05, 0.1) is 0 Å². The fraction of sp³-hybridized carbons (Fsp3) is 0.364. The highest BCUT2D eigenvalue weighted by atomic mass is 16.3. The number of carbonyl (C=O) groups is 2. The summed E-state index contributed by atoms with van der Waals surface area (Å²) in [6.45, 7) is 0.814. The van der Waals surface area contributed by atoms with Crippen LogP contribution in [0.15, 0.2) is 48.5 Å². The highest BCUT2D eigenvalue weighted by molar-refractivity contribution is 5.95. The standard InChI is InChI=1S/C22H26N2O3/c23-21(26)15-20-3-1-2-13-24(20)22(27)19-10-8-18(9-11-19)17-6-4-16(5-7-17)12-14-25/h4-11,20,25H,1-3,12-15H2,(H2,23,26). The first-order chi connectivity index (χ1) is 13.1. The molecule has 5 nitrogen and oxygen atoms in total. The number of amides is 2. The van der Waals surface area contributed by atoms with Crippen molar-refractivity contribution < 1.29 is 14.7 Å². The zero-order valence-corrected chi connectivity index (χ0v) is 15.4. The lowest BCUT2D eigenvalue weighted by molar-refractivity contribution is -0.119. The van der Waals surface area contributed by atoms with Crippen molar-refractivity contribution in [1.82, 2.24) is 4.90 Å². The van der Waals surface area contributed by atoms with Crippen molar-refractivity contribution in [3.8, 4) is 11.1 Å². The van der Waals surface area contributed by atoms with E-state index in [2.05, 4.69) is 0 Å². The van der Waals surface area contributed by atoms with Gasteiger partial charge in [0.1, 0.15) is 0 Å². The number of benzene rings is 2. The van der Waals surface area contributed by atoms with E-state index in [1.165, 1.54) is 0 Å². The molecule has 0 spiro atoms. The van der Waals surface area contributed by atoms with Gasteiger partial charge in [-0.3, -0.25) is 9.59 Å². The summed E-state index contributed by atoms with van der Waals surface area (Å²) in [7, 11) is 0. The Morgan fingerprint density at radius 3 is 2.22 bits per heavy atom. The summed E-state index contributed by atoms with van der Waals surface area (Å²) in [5.74, 6) is -0.398. The van der Waals surface area contributed by atoms with Gasteiger partial charge in [0.25, 0.3) is 5.91 Å². The van der Waals surface area contributed by atoms with Crippen molar-refractivity contribution in [3.05, 3.63) is 59.7 Å². The van der Waals surface area contributed by atoms with E-state index in [9.17, 15) is 9.59 Å². The molecule has 1 heterocycles. The van der Waals surface area contributed by atoms with Gasteiger partial charge in [-0.2, -0.15) is 0 Å². The first kappa shape index (κ1) is 19.1. The molecule has 1 unspecified atom stereocenters. The summed E-state index contributed by atoms with van der Waals surface area (Å²) in [5, 5.41) is 9.00. The summed E-state index contributed by atoms with van der Waals surface area (Å²) in [6, 6.07) is 15.5. The number of primary amides is 1.